The number of rotatable bonds is 3. The standard InChI is InChI=1S/C25H28FN5O3/c1-25(2,3)34-24(33)31-14-11-16(12-15-31)19-8-5-9-21(28-19)30-23(32)29-20-10-13-27-22-17(20)6-4-7-18(22)26/h4-10,13,16H,11-12,14-15H2,1-3H3,(H2,27,28,29,30,32). The Morgan fingerprint density at radius 3 is 2.53 bits per heavy atom. The number of nitrogens with zero attached hydrogens (tertiary/aromatic N) is 3. The Morgan fingerprint density at radius 1 is 1.06 bits per heavy atom. The van der Waals surface area contributed by atoms with Crippen molar-refractivity contribution in [2.75, 3.05) is 23.7 Å². The number of amides is 3. The van der Waals surface area contributed by atoms with Gasteiger partial charge in [-0.3, -0.25) is 10.3 Å². The Balaban J connectivity index is 1.38. The number of fused-ring (bicyclic) bond motifs is 1. The van der Waals surface area contributed by atoms with Gasteiger partial charge in [0.25, 0.3) is 0 Å². The zero-order chi connectivity index (χ0) is 24.3. The number of likely N-dealkylation sites (tertiary alicyclic amines) is 1. The van der Waals surface area contributed by atoms with Crippen LogP contribution in [-0.4, -0.2) is 45.7 Å². The van der Waals surface area contributed by atoms with Crippen LogP contribution in [0.5, 0.6) is 0 Å². The quantitative estimate of drug-likeness (QED) is 0.530. The molecule has 1 aliphatic rings. The SMILES string of the molecule is CC(C)(C)OC(=O)N1CCC(c2cccc(NC(=O)Nc3ccnc4c(F)cccc34)n2)CC1. The zero-order valence-electron chi connectivity index (χ0n) is 19.5. The first-order chi connectivity index (χ1) is 16.2. The normalized spacial score (nSPS) is 14.6. The zero-order valence-corrected chi connectivity index (χ0v) is 19.5. The fourth-order valence-corrected chi connectivity index (χ4v) is 3.95. The van der Waals surface area contributed by atoms with Gasteiger partial charge in [-0.2, -0.15) is 0 Å². The lowest BCUT2D eigenvalue weighted by Gasteiger charge is -2.33. The molecule has 1 aliphatic heterocycles. The monoisotopic (exact) mass is 465 g/mol. The third-order valence-electron chi connectivity index (χ3n) is 5.55. The minimum absolute atomic E-state index is 0.176. The Morgan fingerprint density at radius 2 is 1.79 bits per heavy atom. The summed E-state index contributed by atoms with van der Waals surface area (Å²) >= 11 is 0. The first-order valence-electron chi connectivity index (χ1n) is 11.3. The molecule has 0 saturated carbocycles. The Bertz CT molecular complexity index is 1200. The Labute approximate surface area is 197 Å². The van der Waals surface area contributed by atoms with Crippen molar-refractivity contribution in [2.24, 2.45) is 0 Å². The number of nitrogens with one attached hydrogen (secondary N) is 2. The van der Waals surface area contributed by atoms with Gasteiger partial charge in [0.2, 0.25) is 0 Å². The summed E-state index contributed by atoms with van der Waals surface area (Å²) in [7, 11) is 0. The Kier molecular flexibility index (Phi) is 6.63. The smallest absolute Gasteiger partial charge is 0.410 e. The topological polar surface area (TPSA) is 96.5 Å². The first kappa shape index (κ1) is 23.4. The lowest BCUT2D eigenvalue weighted by atomic mass is 9.93. The van der Waals surface area contributed by atoms with E-state index in [0.29, 0.717) is 30.0 Å². The van der Waals surface area contributed by atoms with Crippen molar-refractivity contribution in [1.82, 2.24) is 14.9 Å². The van der Waals surface area contributed by atoms with Gasteiger partial charge in [-0.05, 0) is 57.9 Å². The molecule has 0 atom stereocenters. The summed E-state index contributed by atoms with van der Waals surface area (Å²) in [6, 6.07) is 11.2. The molecule has 3 heterocycles. The van der Waals surface area contributed by atoms with E-state index < -0.39 is 17.4 Å². The maximum atomic E-state index is 14.0. The molecule has 0 radical (unpaired) electrons. The fraction of sp³-hybridized carbons (Fsp3) is 0.360. The van der Waals surface area contributed by atoms with Crippen LogP contribution in [0, 0.1) is 5.82 Å². The number of hydrogen-bond donors (Lipinski definition) is 2. The molecule has 0 spiro atoms. The highest BCUT2D eigenvalue weighted by Crippen LogP contribution is 2.28. The fourth-order valence-electron chi connectivity index (χ4n) is 3.95. The molecule has 4 rings (SSSR count). The number of halogens is 1. The Hall–Kier alpha value is -3.75. The predicted molar refractivity (Wildman–Crippen MR) is 128 cm³/mol. The summed E-state index contributed by atoms with van der Waals surface area (Å²) in [6.45, 7) is 6.74. The number of carbonyl (C=O) groups is 2. The van der Waals surface area contributed by atoms with Crippen LogP contribution in [0.25, 0.3) is 10.9 Å². The van der Waals surface area contributed by atoms with E-state index in [4.69, 9.17) is 4.74 Å². The summed E-state index contributed by atoms with van der Waals surface area (Å²) in [6.07, 6.45) is 2.67. The molecule has 1 fully saturated rings. The number of pyridine rings is 2. The number of para-hydroxylation sites is 1. The minimum atomic E-state index is -0.521. The average Bonchev–Trinajstić information content (AvgIpc) is 2.79. The molecule has 0 unspecified atom stereocenters. The van der Waals surface area contributed by atoms with Crippen LogP contribution in [0.2, 0.25) is 0 Å². The molecule has 0 aliphatic carbocycles. The third-order valence-corrected chi connectivity index (χ3v) is 5.55. The molecule has 2 aromatic heterocycles. The van der Waals surface area contributed by atoms with E-state index in [0.717, 1.165) is 18.5 Å². The van der Waals surface area contributed by atoms with Gasteiger partial charge in [-0.25, -0.2) is 19.0 Å². The van der Waals surface area contributed by atoms with Crippen LogP contribution >= 0.6 is 0 Å². The predicted octanol–water partition coefficient (Wildman–Crippen LogP) is 5.53. The highest BCUT2D eigenvalue weighted by Gasteiger charge is 2.28. The van der Waals surface area contributed by atoms with Crippen molar-refractivity contribution in [2.45, 2.75) is 45.1 Å². The second kappa shape index (κ2) is 9.62. The van der Waals surface area contributed by atoms with Gasteiger partial charge in [-0.1, -0.05) is 18.2 Å². The molecule has 178 valence electrons. The van der Waals surface area contributed by atoms with Crippen molar-refractivity contribution in [3.05, 3.63) is 60.2 Å². The van der Waals surface area contributed by atoms with Crippen LogP contribution < -0.4 is 10.6 Å². The van der Waals surface area contributed by atoms with E-state index in [1.165, 1.54) is 12.3 Å². The molecule has 0 bridgehead atoms. The van der Waals surface area contributed by atoms with Crippen molar-refractivity contribution < 1.29 is 18.7 Å². The maximum absolute atomic E-state index is 14.0. The van der Waals surface area contributed by atoms with E-state index in [1.807, 2.05) is 32.9 Å². The number of benzene rings is 1. The summed E-state index contributed by atoms with van der Waals surface area (Å²) in [5.41, 5.74) is 0.983. The lowest BCUT2D eigenvalue weighted by Crippen LogP contribution is -2.41. The number of urea groups is 1. The molecular weight excluding hydrogens is 437 g/mol. The van der Waals surface area contributed by atoms with Gasteiger partial charge < -0.3 is 15.0 Å². The minimum Gasteiger partial charge on any atom is -0.444 e. The van der Waals surface area contributed by atoms with Crippen molar-refractivity contribution >= 4 is 34.5 Å². The average molecular weight is 466 g/mol. The number of aromatic nitrogens is 2. The number of piperidine rings is 1. The second-order valence-electron chi connectivity index (χ2n) is 9.26. The number of hydrogen-bond acceptors (Lipinski definition) is 5. The number of carbonyl (C=O) groups excluding carboxylic acids is 2. The molecule has 3 amide bonds. The number of ether oxygens (including phenoxy) is 1. The molecule has 1 aromatic carbocycles. The molecule has 9 heteroatoms. The third kappa shape index (κ3) is 5.59. The van der Waals surface area contributed by atoms with Gasteiger partial charge in [0, 0.05) is 36.3 Å². The highest BCUT2D eigenvalue weighted by atomic mass is 19.1. The maximum Gasteiger partial charge on any atom is 0.410 e. The highest BCUT2D eigenvalue weighted by molar-refractivity contribution is 6.05. The van der Waals surface area contributed by atoms with E-state index in [-0.39, 0.29) is 17.5 Å². The molecule has 2 N–H and O–H groups in total. The first-order valence-corrected chi connectivity index (χ1v) is 11.3. The van der Waals surface area contributed by atoms with Gasteiger partial charge in [0.1, 0.15) is 22.8 Å². The van der Waals surface area contributed by atoms with Crippen molar-refractivity contribution in [1.29, 1.82) is 0 Å². The number of anilines is 2. The summed E-state index contributed by atoms with van der Waals surface area (Å²) in [4.78, 5) is 35.3. The van der Waals surface area contributed by atoms with Gasteiger partial charge in [0.15, 0.2) is 0 Å². The molecule has 8 nitrogen and oxygen atoms in total. The molecular formula is C25H28FN5O3. The van der Waals surface area contributed by atoms with Gasteiger partial charge >= 0.3 is 12.1 Å². The molecule has 3 aromatic rings. The van der Waals surface area contributed by atoms with Crippen molar-refractivity contribution in [3.8, 4) is 0 Å². The van der Waals surface area contributed by atoms with E-state index in [1.54, 1.807) is 29.2 Å². The molecule has 1 saturated heterocycles. The second-order valence-corrected chi connectivity index (χ2v) is 9.26. The van der Waals surface area contributed by atoms with Crippen LogP contribution in [0.15, 0.2) is 48.7 Å². The summed E-state index contributed by atoms with van der Waals surface area (Å²) < 4.78 is 19.4. The largest absolute Gasteiger partial charge is 0.444 e. The van der Waals surface area contributed by atoms with Crippen LogP contribution in [0.1, 0.15) is 45.2 Å². The van der Waals surface area contributed by atoms with E-state index in [2.05, 4.69) is 20.6 Å². The summed E-state index contributed by atoms with van der Waals surface area (Å²) in [5, 5.41) is 5.99. The van der Waals surface area contributed by atoms with Gasteiger partial charge in [-0.15, -0.1) is 0 Å². The van der Waals surface area contributed by atoms with E-state index in [9.17, 15) is 14.0 Å². The van der Waals surface area contributed by atoms with Crippen LogP contribution in [0.4, 0.5) is 25.5 Å². The van der Waals surface area contributed by atoms with E-state index >= 15 is 0 Å². The van der Waals surface area contributed by atoms with Gasteiger partial charge in [0.05, 0.1) is 5.69 Å². The van der Waals surface area contributed by atoms with Crippen molar-refractivity contribution in [3.63, 3.8) is 0 Å². The summed E-state index contributed by atoms with van der Waals surface area (Å²) in [5.74, 6) is 0.137. The van der Waals surface area contributed by atoms with Crippen LogP contribution in [-0.2, 0) is 4.74 Å². The van der Waals surface area contributed by atoms with Crippen LogP contribution in [0.3, 0.4) is 0 Å². The molecule has 34 heavy (non-hydrogen) atoms. The lowest BCUT2D eigenvalue weighted by molar-refractivity contribution is 0.0204.